The molecule has 6 nitrogen and oxygen atoms in total. The Morgan fingerprint density at radius 1 is 1.17 bits per heavy atom. The second-order valence-corrected chi connectivity index (χ2v) is 7.18. The number of benzene rings is 1. The van der Waals surface area contributed by atoms with E-state index in [1.807, 2.05) is 6.07 Å². The van der Waals surface area contributed by atoms with Crippen molar-refractivity contribution in [3.05, 3.63) is 49.1 Å². The minimum absolute atomic E-state index is 0.0791. The average Bonchev–Trinajstić information content (AvgIpc) is 2.96. The van der Waals surface area contributed by atoms with Gasteiger partial charge in [0.1, 0.15) is 4.90 Å². The summed E-state index contributed by atoms with van der Waals surface area (Å²) in [5, 5.41) is 5.69. The lowest BCUT2D eigenvalue weighted by molar-refractivity contribution is 0.289. The maximum Gasteiger partial charge on any atom is 0.342 e. The highest BCUT2D eigenvalue weighted by molar-refractivity contribution is 7.87. The van der Waals surface area contributed by atoms with Gasteiger partial charge in [-0.2, -0.15) is 13.5 Å². The van der Waals surface area contributed by atoms with Gasteiger partial charge in [0.2, 0.25) is 0 Å². The number of rotatable bonds is 4. The van der Waals surface area contributed by atoms with Gasteiger partial charge in [0.15, 0.2) is 5.75 Å². The summed E-state index contributed by atoms with van der Waals surface area (Å²) in [4.78, 5) is 4.11. The van der Waals surface area contributed by atoms with Gasteiger partial charge in [-0.25, -0.2) is 0 Å². The molecule has 0 amide bonds. The summed E-state index contributed by atoms with van der Waals surface area (Å²) in [5.74, 6) is 0.293. The highest BCUT2D eigenvalue weighted by Gasteiger charge is 2.25. The predicted molar refractivity (Wildman–Crippen MR) is 84.7 cm³/mol. The van der Waals surface area contributed by atoms with Crippen LogP contribution < -0.4 is 4.18 Å². The third-order valence-electron chi connectivity index (χ3n) is 4.16. The SMILES string of the molecule is O=S(=O)(Oc1cccc2cnccc12)c1cnn(C2CCC2)c1. The van der Waals surface area contributed by atoms with Crippen LogP contribution in [0.1, 0.15) is 25.3 Å². The van der Waals surface area contributed by atoms with Crippen LogP contribution in [0.25, 0.3) is 10.8 Å². The molecule has 1 aromatic carbocycles. The van der Waals surface area contributed by atoms with Gasteiger partial charge < -0.3 is 4.18 Å². The molecule has 3 aromatic rings. The first-order chi connectivity index (χ1) is 11.1. The predicted octanol–water partition coefficient (Wildman–Crippen LogP) is 2.92. The molecule has 0 spiro atoms. The topological polar surface area (TPSA) is 74.1 Å². The Morgan fingerprint density at radius 3 is 2.83 bits per heavy atom. The van der Waals surface area contributed by atoms with Crippen LogP contribution >= 0.6 is 0 Å². The van der Waals surface area contributed by atoms with Crippen molar-refractivity contribution >= 4 is 20.9 Å². The molecule has 0 bridgehead atoms. The second-order valence-electron chi connectivity index (χ2n) is 5.63. The van der Waals surface area contributed by atoms with Gasteiger partial charge in [-0.1, -0.05) is 12.1 Å². The van der Waals surface area contributed by atoms with Crippen molar-refractivity contribution in [2.24, 2.45) is 0 Å². The summed E-state index contributed by atoms with van der Waals surface area (Å²) >= 11 is 0. The van der Waals surface area contributed by atoms with Gasteiger partial charge >= 0.3 is 10.1 Å². The quantitative estimate of drug-likeness (QED) is 0.688. The van der Waals surface area contributed by atoms with Crippen LogP contribution in [0.3, 0.4) is 0 Å². The Labute approximate surface area is 133 Å². The summed E-state index contributed by atoms with van der Waals surface area (Å²) in [5.41, 5.74) is 0. The highest BCUT2D eigenvalue weighted by Crippen LogP contribution is 2.32. The smallest absolute Gasteiger partial charge is 0.342 e. The summed E-state index contributed by atoms with van der Waals surface area (Å²) in [6, 6.07) is 7.28. The molecule has 0 radical (unpaired) electrons. The van der Waals surface area contributed by atoms with Crippen LogP contribution in [-0.4, -0.2) is 23.2 Å². The van der Waals surface area contributed by atoms with E-state index in [1.54, 1.807) is 41.5 Å². The van der Waals surface area contributed by atoms with Crippen LogP contribution in [-0.2, 0) is 10.1 Å². The van der Waals surface area contributed by atoms with Gasteiger partial charge in [0, 0.05) is 29.4 Å². The molecule has 23 heavy (non-hydrogen) atoms. The zero-order chi connectivity index (χ0) is 15.9. The van der Waals surface area contributed by atoms with Crippen molar-refractivity contribution in [1.29, 1.82) is 0 Å². The van der Waals surface area contributed by atoms with Gasteiger partial charge in [-0.15, -0.1) is 0 Å². The third-order valence-corrected chi connectivity index (χ3v) is 5.34. The third kappa shape index (κ3) is 2.57. The number of nitrogens with zero attached hydrogens (tertiary/aromatic N) is 3. The van der Waals surface area contributed by atoms with Crippen molar-refractivity contribution in [2.45, 2.75) is 30.2 Å². The van der Waals surface area contributed by atoms with Crippen molar-refractivity contribution in [1.82, 2.24) is 14.8 Å². The van der Waals surface area contributed by atoms with Gasteiger partial charge in [0.25, 0.3) is 0 Å². The van der Waals surface area contributed by atoms with Crippen molar-refractivity contribution < 1.29 is 12.6 Å². The molecule has 2 heterocycles. The maximum atomic E-state index is 12.5. The van der Waals surface area contributed by atoms with E-state index in [-0.39, 0.29) is 4.90 Å². The Hall–Kier alpha value is -2.41. The fraction of sp³-hybridized carbons (Fsp3) is 0.250. The summed E-state index contributed by atoms with van der Waals surface area (Å²) < 4.78 is 32.0. The molecular weight excluding hydrogens is 314 g/mol. The summed E-state index contributed by atoms with van der Waals surface area (Å²) in [7, 11) is -3.91. The van der Waals surface area contributed by atoms with E-state index < -0.39 is 10.1 Å². The van der Waals surface area contributed by atoms with Crippen LogP contribution in [0.2, 0.25) is 0 Å². The Kier molecular flexibility index (Phi) is 3.30. The standard InChI is InChI=1S/C16H15N3O3S/c20-23(21,14-10-18-19(11-14)13-4-2-5-13)22-16-6-1-3-12-9-17-8-7-15(12)16/h1,3,6-11,13H,2,4-5H2. The van der Waals surface area contributed by atoms with Crippen molar-refractivity contribution in [3.8, 4) is 5.75 Å². The molecule has 0 atom stereocenters. The fourth-order valence-electron chi connectivity index (χ4n) is 2.63. The van der Waals surface area contributed by atoms with E-state index in [1.165, 1.54) is 6.20 Å². The van der Waals surface area contributed by atoms with E-state index in [4.69, 9.17) is 4.18 Å². The van der Waals surface area contributed by atoms with Gasteiger partial charge in [0.05, 0.1) is 12.2 Å². The largest absolute Gasteiger partial charge is 0.378 e. The first-order valence-corrected chi connectivity index (χ1v) is 8.86. The lowest BCUT2D eigenvalue weighted by Gasteiger charge is -2.25. The zero-order valence-electron chi connectivity index (χ0n) is 12.3. The number of hydrogen-bond acceptors (Lipinski definition) is 5. The van der Waals surface area contributed by atoms with Crippen LogP contribution in [0.4, 0.5) is 0 Å². The van der Waals surface area contributed by atoms with E-state index in [0.717, 1.165) is 24.6 Å². The van der Waals surface area contributed by atoms with E-state index in [2.05, 4.69) is 10.1 Å². The lowest BCUT2D eigenvalue weighted by Crippen LogP contribution is -2.17. The molecule has 2 aromatic heterocycles. The zero-order valence-corrected chi connectivity index (χ0v) is 13.1. The fourth-order valence-corrected chi connectivity index (χ4v) is 3.52. The van der Waals surface area contributed by atoms with Gasteiger partial charge in [-0.05, 0) is 31.4 Å². The molecular formula is C16H15N3O3S. The van der Waals surface area contributed by atoms with E-state index in [9.17, 15) is 8.42 Å². The monoisotopic (exact) mass is 329 g/mol. The first kappa shape index (κ1) is 14.2. The molecule has 0 aliphatic heterocycles. The molecule has 1 aliphatic rings. The maximum absolute atomic E-state index is 12.5. The van der Waals surface area contributed by atoms with Crippen LogP contribution in [0, 0.1) is 0 Å². The second kappa shape index (κ2) is 5.34. The summed E-state index contributed by atoms with van der Waals surface area (Å²) in [6.07, 6.45) is 9.41. The molecule has 0 N–H and O–H groups in total. The molecule has 1 fully saturated rings. The highest BCUT2D eigenvalue weighted by atomic mass is 32.2. The first-order valence-electron chi connectivity index (χ1n) is 7.45. The Bertz CT molecular complexity index is 956. The van der Waals surface area contributed by atoms with Crippen LogP contribution in [0.5, 0.6) is 5.75 Å². The number of aromatic nitrogens is 3. The molecule has 4 rings (SSSR count). The molecule has 1 saturated carbocycles. The molecule has 118 valence electrons. The molecule has 1 aliphatic carbocycles. The van der Waals surface area contributed by atoms with Crippen molar-refractivity contribution in [2.75, 3.05) is 0 Å². The minimum Gasteiger partial charge on any atom is -0.378 e. The number of hydrogen-bond donors (Lipinski definition) is 0. The van der Waals surface area contributed by atoms with Crippen molar-refractivity contribution in [3.63, 3.8) is 0 Å². The van der Waals surface area contributed by atoms with E-state index >= 15 is 0 Å². The molecule has 0 saturated heterocycles. The van der Waals surface area contributed by atoms with E-state index in [0.29, 0.717) is 17.2 Å². The normalized spacial score (nSPS) is 15.5. The number of fused-ring (bicyclic) bond motifs is 1. The molecule has 0 unspecified atom stereocenters. The summed E-state index contributed by atoms with van der Waals surface area (Å²) in [6.45, 7) is 0. The molecule has 7 heteroatoms. The van der Waals surface area contributed by atoms with Gasteiger partial charge in [-0.3, -0.25) is 9.67 Å². The van der Waals surface area contributed by atoms with Crippen LogP contribution in [0.15, 0.2) is 53.9 Å². The Morgan fingerprint density at radius 2 is 2.04 bits per heavy atom. The average molecular weight is 329 g/mol. The lowest BCUT2D eigenvalue weighted by atomic mass is 9.93. The number of pyridine rings is 1. The Balaban J connectivity index is 1.67. The minimum atomic E-state index is -3.91.